The van der Waals surface area contributed by atoms with E-state index >= 15 is 0 Å². The normalized spacial score (nSPS) is 49.0. The van der Waals surface area contributed by atoms with Crippen molar-refractivity contribution < 1.29 is 48.3 Å². The highest BCUT2D eigenvalue weighted by Gasteiger charge is 2.90. The Kier molecular flexibility index (Phi) is 7.12. The Labute approximate surface area is 274 Å². The summed E-state index contributed by atoms with van der Waals surface area (Å²) in [5, 5.41) is 29.7. The van der Waals surface area contributed by atoms with Crippen LogP contribution in [0, 0.1) is 40.4 Å². The summed E-state index contributed by atoms with van der Waals surface area (Å²) in [6.45, 7) is 2.16. The lowest BCUT2D eigenvalue weighted by atomic mass is 9.43. The Morgan fingerprint density at radius 2 is 1.83 bits per heavy atom. The Morgan fingerprint density at radius 3 is 2.49 bits per heavy atom. The first-order chi connectivity index (χ1) is 22.5. The first-order valence-corrected chi connectivity index (χ1v) is 16.9. The van der Waals surface area contributed by atoms with E-state index in [4.69, 9.17) is 23.7 Å². The van der Waals surface area contributed by atoms with E-state index < -0.39 is 46.1 Å². The van der Waals surface area contributed by atoms with Crippen molar-refractivity contribution in [1.82, 2.24) is 5.32 Å². The summed E-state index contributed by atoms with van der Waals surface area (Å²) in [4.78, 5) is 40.7. The third-order valence-corrected chi connectivity index (χ3v) is 13.9. The van der Waals surface area contributed by atoms with E-state index in [0.717, 1.165) is 11.3 Å². The van der Waals surface area contributed by atoms with Crippen molar-refractivity contribution in [3.8, 4) is 0 Å². The second-order valence-electron chi connectivity index (χ2n) is 15.3. The van der Waals surface area contributed by atoms with E-state index in [9.17, 15) is 24.6 Å². The lowest BCUT2D eigenvalue weighted by Crippen LogP contribution is -2.81. The number of hydrogen-bond donors (Lipinski definition) is 3. The van der Waals surface area contributed by atoms with Gasteiger partial charge in [-0.1, -0.05) is 19.1 Å². The molecule has 12 nitrogen and oxygen atoms in total. The number of benzene rings is 1. The van der Waals surface area contributed by atoms with Gasteiger partial charge in [-0.25, -0.2) is 9.69 Å². The van der Waals surface area contributed by atoms with E-state index in [0.29, 0.717) is 19.4 Å². The molecule has 7 aliphatic rings. The molecule has 0 radical (unpaired) electrons. The van der Waals surface area contributed by atoms with E-state index in [1.165, 1.54) is 0 Å². The van der Waals surface area contributed by atoms with Crippen molar-refractivity contribution in [2.24, 2.45) is 40.4 Å². The van der Waals surface area contributed by atoms with Crippen LogP contribution in [-0.2, 0) is 33.3 Å². The number of carbonyl (C=O) groups excluding carboxylic acids is 3. The number of para-hydroxylation sites is 1. The van der Waals surface area contributed by atoms with Gasteiger partial charge in [0.1, 0.15) is 11.2 Å². The van der Waals surface area contributed by atoms with Crippen LogP contribution in [0.5, 0.6) is 0 Å². The molecule has 2 heterocycles. The van der Waals surface area contributed by atoms with Gasteiger partial charge in [-0.2, -0.15) is 0 Å². The summed E-state index contributed by atoms with van der Waals surface area (Å²) in [6, 6.07) is 6.01. The second-order valence-corrected chi connectivity index (χ2v) is 15.3. The zero-order chi connectivity index (χ0) is 33.3. The van der Waals surface area contributed by atoms with Crippen molar-refractivity contribution in [1.29, 1.82) is 0 Å². The van der Waals surface area contributed by atoms with Crippen molar-refractivity contribution >= 4 is 23.5 Å². The highest BCUT2D eigenvalue weighted by molar-refractivity contribution is 6.22. The highest BCUT2D eigenvalue weighted by atomic mass is 16.5. The molecule has 7 bridgehead atoms. The molecule has 12 heteroatoms. The van der Waals surface area contributed by atoms with Gasteiger partial charge >= 0.3 is 5.97 Å². The number of hydrogen-bond acceptors (Lipinski definition) is 11. The number of amides is 2. The zero-order valence-corrected chi connectivity index (χ0v) is 27.6. The monoisotopic (exact) mass is 654 g/mol. The van der Waals surface area contributed by atoms with Gasteiger partial charge in [0.2, 0.25) is 11.8 Å². The lowest BCUT2D eigenvalue weighted by molar-refractivity contribution is -0.301. The minimum Gasteiger partial charge on any atom is -0.461 e. The second kappa shape index (κ2) is 10.5. The van der Waals surface area contributed by atoms with Gasteiger partial charge in [-0.05, 0) is 37.3 Å². The summed E-state index contributed by atoms with van der Waals surface area (Å²) in [5.74, 6) is -2.50. The molecule has 47 heavy (non-hydrogen) atoms. The van der Waals surface area contributed by atoms with Crippen LogP contribution in [0.2, 0.25) is 0 Å². The van der Waals surface area contributed by atoms with Gasteiger partial charge in [0.05, 0.1) is 48.3 Å². The number of fused-ring (bicyclic) bond motifs is 2. The number of anilines is 1. The summed E-state index contributed by atoms with van der Waals surface area (Å²) in [5.41, 5.74) is -4.22. The third-order valence-electron chi connectivity index (χ3n) is 13.9. The smallest absolute Gasteiger partial charge is 0.340 e. The van der Waals surface area contributed by atoms with E-state index in [2.05, 4.69) is 5.32 Å². The number of carbonyl (C=O) groups is 3. The first kappa shape index (κ1) is 31.8. The fourth-order valence-corrected chi connectivity index (χ4v) is 12.5. The van der Waals surface area contributed by atoms with Crippen LogP contribution in [-0.4, -0.2) is 111 Å². The predicted molar refractivity (Wildman–Crippen MR) is 165 cm³/mol. The van der Waals surface area contributed by atoms with Crippen LogP contribution < -0.4 is 10.2 Å². The molecule has 2 unspecified atom stereocenters. The maximum atomic E-state index is 13.9. The average Bonchev–Trinajstić information content (AvgIpc) is 3.58. The van der Waals surface area contributed by atoms with Crippen molar-refractivity contribution in [2.75, 3.05) is 46.5 Å². The number of esters is 1. The van der Waals surface area contributed by atoms with Crippen molar-refractivity contribution in [2.45, 2.75) is 80.7 Å². The minimum atomic E-state index is -1.71. The first-order valence-electron chi connectivity index (χ1n) is 16.9. The van der Waals surface area contributed by atoms with Crippen LogP contribution in [0.15, 0.2) is 24.3 Å². The molecule has 5 saturated carbocycles. The summed E-state index contributed by atoms with van der Waals surface area (Å²) >= 11 is 0. The number of nitrogens with one attached hydrogen (secondary N) is 1. The van der Waals surface area contributed by atoms with E-state index in [-0.39, 0.29) is 84.5 Å². The Hall–Kier alpha value is -2.45. The molecular formula is C35H46N2O10. The van der Waals surface area contributed by atoms with Gasteiger partial charge in [0, 0.05) is 82.3 Å². The topological polar surface area (TPSA) is 153 Å². The SMILES string of the molecule is CO[C@H]1[C@@H]2C[C@@H]3[C@H]1[C@](O)(C[C@@H]2OC)[C@]1(O)C2NC[C@]4(COC(=O)c5ccccc5N5C(=O)CC(C)C5=O)CC[C@H](OC)[C@@]23[C@@H]4[C@@H]1OC. The summed E-state index contributed by atoms with van der Waals surface area (Å²) in [7, 11) is 6.62. The zero-order valence-electron chi connectivity index (χ0n) is 27.6. The number of rotatable bonds is 8. The molecular weight excluding hydrogens is 608 g/mol. The maximum Gasteiger partial charge on any atom is 0.340 e. The fraction of sp³-hybridized carbons (Fsp3) is 0.743. The average molecular weight is 655 g/mol. The van der Waals surface area contributed by atoms with Gasteiger partial charge in [-0.3, -0.25) is 9.59 Å². The predicted octanol–water partition coefficient (Wildman–Crippen LogP) is 1.30. The van der Waals surface area contributed by atoms with Crippen molar-refractivity contribution in [3.05, 3.63) is 29.8 Å². The number of ether oxygens (including phenoxy) is 5. The summed E-state index contributed by atoms with van der Waals surface area (Å²) in [6.07, 6.45) is 0.753. The third kappa shape index (κ3) is 3.60. The number of aliphatic hydroxyl groups is 2. The van der Waals surface area contributed by atoms with Gasteiger partial charge in [0.15, 0.2) is 0 Å². The molecule has 7 fully saturated rings. The molecule has 1 aromatic rings. The van der Waals surface area contributed by atoms with Crippen molar-refractivity contribution in [3.63, 3.8) is 0 Å². The largest absolute Gasteiger partial charge is 0.461 e. The lowest BCUT2D eigenvalue weighted by Gasteiger charge is -2.67. The van der Waals surface area contributed by atoms with Crippen LogP contribution in [0.4, 0.5) is 5.69 Å². The van der Waals surface area contributed by atoms with Crippen LogP contribution in [0.25, 0.3) is 0 Å². The quantitative estimate of drug-likeness (QED) is 0.275. The Bertz CT molecular complexity index is 1510. The van der Waals surface area contributed by atoms with Crippen LogP contribution in [0.3, 0.4) is 0 Å². The molecule has 1 aromatic carbocycles. The number of nitrogens with zero attached hydrogens (tertiary/aromatic N) is 1. The molecule has 2 saturated heterocycles. The van der Waals surface area contributed by atoms with Crippen LogP contribution in [0.1, 0.15) is 49.4 Å². The van der Waals surface area contributed by atoms with Gasteiger partial charge < -0.3 is 39.2 Å². The fourth-order valence-electron chi connectivity index (χ4n) is 12.5. The minimum absolute atomic E-state index is 0.0185. The molecule has 14 atom stereocenters. The number of imide groups is 1. The van der Waals surface area contributed by atoms with Gasteiger partial charge in [0.25, 0.3) is 0 Å². The van der Waals surface area contributed by atoms with Gasteiger partial charge in [-0.15, -0.1) is 0 Å². The molecule has 3 N–H and O–H groups in total. The maximum absolute atomic E-state index is 13.9. The molecule has 2 aliphatic heterocycles. The van der Waals surface area contributed by atoms with E-state index in [1.54, 1.807) is 59.6 Å². The van der Waals surface area contributed by atoms with Crippen LogP contribution >= 0.6 is 0 Å². The molecule has 5 aliphatic carbocycles. The summed E-state index contributed by atoms with van der Waals surface area (Å²) < 4.78 is 30.9. The molecule has 2 amide bonds. The van der Waals surface area contributed by atoms with E-state index in [1.807, 2.05) is 0 Å². The molecule has 1 spiro atoms. The molecule has 8 rings (SSSR count). The number of piperidine rings is 1. The Morgan fingerprint density at radius 1 is 1.06 bits per heavy atom. The standard InChI is InChI=1S/C35H46N2O10/c1-17-12-24(38)37(29(17)39)21-9-7-6-8-18(21)30(40)47-16-32-11-10-23(44-3)34-20-13-19-22(43-2)14-33(41,25(20)26(19)45-4)35(42,31(34)36-15-32)28(46-5)27(32)34/h6-9,17,19-20,22-23,25-28,31,36,41-42H,10-16H2,1-5H3/t17?,19-,20-,22+,23+,25-,26+,27-,28+,31?,32+,33-,34+,35-/m1/s1. The molecule has 0 aromatic heterocycles. The molecule has 256 valence electrons. The Balaban J connectivity index is 1.20. The number of methoxy groups -OCH3 is 4. The highest BCUT2D eigenvalue weighted by Crippen LogP contribution is 2.79.